The highest BCUT2D eigenvalue weighted by Crippen LogP contribution is 2.08. The van der Waals surface area contributed by atoms with Gasteiger partial charge >= 0.3 is 12.1 Å². The summed E-state index contributed by atoms with van der Waals surface area (Å²) < 4.78 is 23.1. The fourth-order valence-electron chi connectivity index (χ4n) is 1.56. The van der Waals surface area contributed by atoms with Gasteiger partial charge in [-0.05, 0) is 32.9 Å². The lowest BCUT2D eigenvalue weighted by molar-refractivity contribution is -0.142. The minimum absolute atomic E-state index is 0.0155. The highest BCUT2D eigenvalue weighted by Gasteiger charge is 2.17. The predicted molar refractivity (Wildman–Crippen MR) is 80.5 cm³/mol. The minimum Gasteiger partial charge on any atom is -0.457 e. The van der Waals surface area contributed by atoms with E-state index in [1.165, 1.54) is 18.2 Å². The van der Waals surface area contributed by atoms with Gasteiger partial charge in [-0.2, -0.15) is 0 Å². The van der Waals surface area contributed by atoms with Gasteiger partial charge in [0, 0.05) is 6.54 Å². The van der Waals surface area contributed by atoms with Crippen molar-refractivity contribution >= 4 is 17.8 Å². The Labute approximate surface area is 134 Å². The molecule has 0 aliphatic heterocycles. The summed E-state index contributed by atoms with van der Waals surface area (Å²) in [5.41, 5.74) is -0.760. The Balaban J connectivity index is 2.29. The molecule has 0 aromatic heterocycles. The number of carbonyl (C=O) groups is 3. The normalized spacial score (nSPS) is 10.8. The van der Waals surface area contributed by atoms with Gasteiger partial charge in [0.2, 0.25) is 5.78 Å². The number of rotatable bonds is 6. The molecule has 0 aliphatic carbocycles. The van der Waals surface area contributed by atoms with Crippen molar-refractivity contribution in [3.8, 4) is 0 Å². The van der Waals surface area contributed by atoms with Crippen LogP contribution in [0, 0.1) is 5.82 Å². The van der Waals surface area contributed by atoms with Crippen molar-refractivity contribution in [1.82, 2.24) is 5.32 Å². The number of benzene rings is 1. The van der Waals surface area contributed by atoms with Crippen molar-refractivity contribution in [2.45, 2.75) is 32.8 Å². The van der Waals surface area contributed by atoms with E-state index in [0.717, 1.165) is 6.07 Å². The molecule has 0 heterocycles. The van der Waals surface area contributed by atoms with Crippen molar-refractivity contribution < 1.29 is 28.2 Å². The quantitative estimate of drug-likeness (QED) is 0.642. The summed E-state index contributed by atoms with van der Waals surface area (Å²) in [5, 5.41) is 2.39. The van der Waals surface area contributed by atoms with Crippen LogP contribution < -0.4 is 5.32 Å². The van der Waals surface area contributed by atoms with Gasteiger partial charge in [-0.3, -0.25) is 9.59 Å². The van der Waals surface area contributed by atoms with E-state index in [1.54, 1.807) is 20.8 Å². The molecule has 0 unspecified atom stereocenters. The fourth-order valence-corrected chi connectivity index (χ4v) is 1.56. The van der Waals surface area contributed by atoms with Crippen LogP contribution in [0.15, 0.2) is 24.3 Å². The molecule has 0 fully saturated rings. The van der Waals surface area contributed by atoms with E-state index in [4.69, 9.17) is 9.47 Å². The molecule has 1 aromatic rings. The zero-order valence-electron chi connectivity index (χ0n) is 13.3. The number of ether oxygens (including phenoxy) is 2. The number of carbonyl (C=O) groups excluding carboxylic acids is 3. The lowest BCUT2D eigenvalue weighted by atomic mass is 10.1. The van der Waals surface area contributed by atoms with Crippen molar-refractivity contribution in [2.24, 2.45) is 0 Å². The second-order valence-corrected chi connectivity index (χ2v) is 5.74. The molecule has 1 amide bonds. The molecular weight excluding hydrogens is 305 g/mol. The van der Waals surface area contributed by atoms with Crippen LogP contribution in [0.3, 0.4) is 0 Å². The van der Waals surface area contributed by atoms with Crippen LogP contribution in [0.4, 0.5) is 9.18 Å². The molecule has 6 nitrogen and oxygen atoms in total. The third kappa shape index (κ3) is 7.39. The zero-order chi connectivity index (χ0) is 17.5. The average molecular weight is 325 g/mol. The largest absolute Gasteiger partial charge is 0.457 e. The Bertz CT molecular complexity index is 580. The number of alkyl carbamates (subject to hydrolysis) is 1. The molecule has 1 rings (SSSR count). The van der Waals surface area contributed by atoms with Crippen LogP contribution in [0.2, 0.25) is 0 Å². The number of hydrogen-bond acceptors (Lipinski definition) is 5. The molecule has 0 radical (unpaired) electrons. The van der Waals surface area contributed by atoms with Crippen molar-refractivity contribution in [3.05, 3.63) is 35.6 Å². The van der Waals surface area contributed by atoms with E-state index >= 15 is 0 Å². The number of ketones is 1. The minimum atomic E-state index is -0.675. The molecule has 0 spiro atoms. The summed E-state index contributed by atoms with van der Waals surface area (Å²) in [4.78, 5) is 34.5. The third-order valence-electron chi connectivity index (χ3n) is 2.54. The second-order valence-electron chi connectivity index (χ2n) is 5.74. The monoisotopic (exact) mass is 325 g/mol. The predicted octanol–water partition coefficient (Wildman–Crippen LogP) is 2.47. The van der Waals surface area contributed by atoms with Crippen molar-refractivity contribution in [2.75, 3.05) is 13.2 Å². The molecular formula is C16H20FNO5. The maximum absolute atomic E-state index is 13.4. The van der Waals surface area contributed by atoms with E-state index in [-0.39, 0.29) is 18.5 Å². The lowest BCUT2D eigenvalue weighted by Crippen LogP contribution is -2.33. The summed E-state index contributed by atoms with van der Waals surface area (Å²) in [7, 11) is 0. The van der Waals surface area contributed by atoms with E-state index < -0.39 is 35.9 Å². The van der Waals surface area contributed by atoms with Crippen LogP contribution in [0.1, 0.15) is 37.6 Å². The topological polar surface area (TPSA) is 81.7 Å². The summed E-state index contributed by atoms with van der Waals surface area (Å²) >= 11 is 0. The van der Waals surface area contributed by atoms with Gasteiger partial charge in [-0.15, -0.1) is 0 Å². The van der Waals surface area contributed by atoms with Gasteiger partial charge in [-0.1, -0.05) is 12.1 Å². The number of halogens is 1. The highest BCUT2D eigenvalue weighted by molar-refractivity contribution is 5.98. The maximum Gasteiger partial charge on any atom is 0.407 e. The first-order valence-electron chi connectivity index (χ1n) is 7.09. The number of hydrogen-bond donors (Lipinski definition) is 1. The first-order chi connectivity index (χ1) is 10.7. The van der Waals surface area contributed by atoms with Crippen LogP contribution in [0.25, 0.3) is 0 Å². The molecule has 0 saturated carbocycles. The SMILES string of the molecule is CC(C)(C)OC(=O)NCCC(=O)OCC(=O)c1ccccc1F. The van der Waals surface area contributed by atoms with Gasteiger partial charge in [0.1, 0.15) is 11.4 Å². The van der Waals surface area contributed by atoms with Gasteiger partial charge < -0.3 is 14.8 Å². The van der Waals surface area contributed by atoms with Gasteiger partial charge in [0.25, 0.3) is 0 Å². The standard InChI is InChI=1S/C16H20FNO5/c1-16(2,3)23-15(21)18-9-8-14(20)22-10-13(19)11-6-4-5-7-12(11)17/h4-7H,8-10H2,1-3H3,(H,18,21). The summed E-state index contributed by atoms with van der Waals surface area (Å²) in [6.07, 6.45) is -0.767. The Hall–Kier alpha value is -2.44. The summed E-state index contributed by atoms with van der Waals surface area (Å²) in [6.45, 7) is 4.62. The Morgan fingerprint density at radius 1 is 1.17 bits per heavy atom. The van der Waals surface area contributed by atoms with Crippen LogP contribution in [-0.2, 0) is 14.3 Å². The Kier molecular flexibility index (Phi) is 6.68. The summed E-state index contributed by atoms with van der Waals surface area (Å²) in [5.74, 6) is -1.97. The smallest absolute Gasteiger partial charge is 0.407 e. The molecule has 7 heteroatoms. The zero-order valence-corrected chi connectivity index (χ0v) is 13.3. The maximum atomic E-state index is 13.4. The number of amides is 1. The van der Waals surface area contributed by atoms with E-state index in [9.17, 15) is 18.8 Å². The molecule has 0 bridgehead atoms. The van der Waals surface area contributed by atoms with Crippen LogP contribution in [-0.4, -0.2) is 36.6 Å². The third-order valence-corrected chi connectivity index (χ3v) is 2.54. The van der Waals surface area contributed by atoms with Crippen LogP contribution >= 0.6 is 0 Å². The summed E-state index contributed by atoms with van der Waals surface area (Å²) in [6, 6.07) is 5.44. The molecule has 23 heavy (non-hydrogen) atoms. The Morgan fingerprint density at radius 3 is 2.43 bits per heavy atom. The van der Waals surface area contributed by atoms with E-state index in [1.807, 2.05) is 0 Å². The van der Waals surface area contributed by atoms with Crippen LogP contribution in [0.5, 0.6) is 0 Å². The number of esters is 1. The van der Waals surface area contributed by atoms with Gasteiger partial charge in [-0.25, -0.2) is 9.18 Å². The average Bonchev–Trinajstić information content (AvgIpc) is 2.43. The lowest BCUT2D eigenvalue weighted by Gasteiger charge is -2.19. The molecule has 0 saturated heterocycles. The van der Waals surface area contributed by atoms with E-state index in [2.05, 4.69) is 5.32 Å². The number of Topliss-reactive ketones (excluding diaryl/α,β-unsaturated/α-hetero) is 1. The molecule has 126 valence electrons. The van der Waals surface area contributed by atoms with E-state index in [0.29, 0.717) is 0 Å². The highest BCUT2D eigenvalue weighted by atomic mass is 19.1. The van der Waals surface area contributed by atoms with Gasteiger partial charge in [0.15, 0.2) is 6.61 Å². The second kappa shape index (κ2) is 8.26. The Morgan fingerprint density at radius 2 is 1.83 bits per heavy atom. The molecule has 0 atom stereocenters. The van der Waals surface area contributed by atoms with Gasteiger partial charge in [0.05, 0.1) is 12.0 Å². The molecule has 1 aromatic carbocycles. The first kappa shape index (κ1) is 18.6. The van der Waals surface area contributed by atoms with Crippen molar-refractivity contribution in [1.29, 1.82) is 0 Å². The first-order valence-corrected chi connectivity index (χ1v) is 7.09. The fraction of sp³-hybridized carbons (Fsp3) is 0.438. The molecule has 1 N–H and O–H groups in total. The van der Waals surface area contributed by atoms with Crippen molar-refractivity contribution in [3.63, 3.8) is 0 Å². The molecule has 0 aliphatic rings. The number of nitrogens with one attached hydrogen (secondary N) is 1.